The van der Waals surface area contributed by atoms with Crippen LogP contribution in [0.25, 0.3) is 49.7 Å². The van der Waals surface area contributed by atoms with Gasteiger partial charge in [-0.1, -0.05) is 161 Å². The highest BCUT2D eigenvalue weighted by atomic mass is 32.2. The number of benzene rings is 7. The molecule has 0 bridgehead atoms. The summed E-state index contributed by atoms with van der Waals surface area (Å²) in [5.41, 5.74) is 24.9. The molecule has 1 aromatic heterocycles. The number of rotatable bonds is 1. The molecular weight excluding hydrogens is 848 g/mol. The number of anilines is 2. The van der Waals surface area contributed by atoms with Crippen molar-refractivity contribution in [2.45, 2.75) is 150 Å². The van der Waals surface area contributed by atoms with E-state index in [4.69, 9.17) is 0 Å². The van der Waals surface area contributed by atoms with Gasteiger partial charge in [-0.3, -0.25) is 0 Å². The lowest BCUT2D eigenvalue weighted by atomic mass is 9.43. The SMILES string of the molecule is Cc1cc2c(cc1N1B3c4c(cc5c(c4-c4cc6c(cc41)Sc1ccccc1S6)C(C)(C)c1ccccc1-5)-n1c4ccc(C(C)(C)C)cc4c4cc(C(C)(C)C)cc3c41)C(C)(C)CCC2(C)C. The summed E-state index contributed by atoms with van der Waals surface area (Å²) in [5.74, 6) is 0. The quantitative estimate of drug-likeness (QED) is 0.152. The van der Waals surface area contributed by atoms with Crippen molar-refractivity contribution in [1.29, 1.82) is 0 Å². The van der Waals surface area contributed by atoms with Crippen molar-refractivity contribution in [3.05, 3.63) is 148 Å². The minimum atomic E-state index is -0.217. The Bertz CT molecular complexity index is 3550. The van der Waals surface area contributed by atoms with Crippen LogP contribution in [-0.2, 0) is 27.1 Å². The highest BCUT2D eigenvalue weighted by molar-refractivity contribution is 8.05. The highest BCUT2D eigenvalue weighted by Gasteiger charge is 2.50. The largest absolute Gasteiger partial charge is 0.376 e. The summed E-state index contributed by atoms with van der Waals surface area (Å²) in [6.45, 7) is 31.5. The third-order valence-electron chi connectivity index (χ3n) is 16.9. The number of aryl methyl sites for hydroxylation is 1. The normalized spacial score (nSPS) is 17.7. The Morgan fingerprint density at radius 1 is 0.537 bits per heavy atom. The molecule has 0 radical (unpaired) electrons. The Labute approximate surface area is 407 Å². The first-order valence-corrected chi connectivity index (χ1v) is 26.3. The van der Waals surface area contributed by atoms with E-state index < -0.39 is 0 Å². The zero-order valence-corrected chi connectivity index (χ0v) is 43.2. The minimum Gasteiger partial charge on any atom is -0.376 e. The van der Waals surface area contributed by atoms with Gasteiger partial charge in [0.15, 0.2) is 0 Å². The average molecular weight is 909 g/mol. The number of fused-ring (bicyclic) bond motifs is 14. The van der Waals surface area contributed by atoms with Gasteiger partial charge in [-0.15, -0.1) is 0 Å². The van der Waals surface area contributed by atoms with Crippen LogP contribution in [0.4, 0.5) is 11.4 Å². The molecule has 0 saturated carbocycles. The standard InChI is InChI=1S/C62H61BN2S2/c1-34-26-43-44(61(10,11)25-24-60(43,8)9)32-47(34)65-48-33-53-52(66-50-20-16-17-21-51(50)67-53)31-41(48)54-55-39(37-18-14-15-19-42(37)62(55,12)13)30-49-56(54)63(65)45-29-36(59(5,6)7)28-40-38-27-35(58(2,3)4)22-23-46(38)64(49)57(40)45/h14-23,26-33H,24-25H2,1-13H3. The van der Waals surface area contributed by atoms with Gasteiger partial charge in [0.2, 0.25) is 0 Å². The molecule has 5 aliphatic rings. The number of nitrogens with zero attached hydrogens (tertiary/aromatic N) is 2. The fraction of sp³-hybridized carbons (Fsp3) is 0.323. The molecule has 2 nitrogen and oxygen atoms in total. The summed E-state index contributed by atoms with van der Waals surface area (Å²) in [4.78, 5) is 8.23. The van der Waals surface area contributed by atoms with Crippen LogP contribution in [0, 0.1) is 6.92 Å². The van der Waals surface area contributed by atoms with Crippen LogP contribution in [0.1, 0.15) is 135 Å². The third kappa shape index (κ3) is 5.68. The molecule has 4 heterocycles. The van der Waals surface area contributed by atoms with Crippen LogP contribution in [0.2, 0.25) is 0 Å². The molecule has 0 spiro atoms. The van der Waals surface area contributed by atoms with Gasteiger partial charge in [0, 0.05) is 58.4 Å². The fourth-order valence-corrected chi connectivity index (χ4v) is 15.3. The van der Waals surface area contributed by atoms with E-state index in [1.165, 1.54) is 143 Å². The van der Waals surface area contributed by atoms with E-state index in [9.17, 15) is 0 Å². The average Bonchev–Trinajstić information content (AvgIpc) is 3.72. The summed E-state index contributed by atoms with van der Waals surface area (Å²) in [7, 11) is 0. The number of hydrogen-bond donors (Lipinski definition) is 0. The van der Waals surface area contributed by atoms with Gasteiger partial charge >= 0.3 is 6.85 Å². The summed E-state index contributed by atoms with van der Waals surface area (Å²) >= 11 is 3.89. The summed E-state index contributed by atoms with van der Waals surface area (Å²) < 4.78 is 2.70. The zero-order valence-electron chi connectivity index (χ0n) is 41.6. The second kappa shape index (κ2) is 13.4. The van der Waals surface area contributed by atoms with Gasteiger partial charge in [0.05, 0.1) is 11.0 Å². The molecule has 0 saturated heterocycles. The van der Waals surface area contributed by atoms with Gasteiger partial charge < -0.3 is 9.38 Å². The smallest absolute Gasteiger partial charge is 0.333 e. The van der Waals surface area contributed by atoms with Gasteiger partial charge in [0.25, 0.3) is 0 Å². The highest BCUT2D eigenvalue weighted by Crippen LogP contribution is 2.60. The Morgan fingerprint density at radius 2 is 1.16 bits per heavy atom. The van der Waals surface area contributed by atoms with Crippen LogP contribution in [0.5, 0.6) is 0 Å². The van der Waals surface area contributed by atoms with E-state index >= 15 is 0 Å². The molecule has 7 aromatic carbocycles. The maximum atomic E-state index is 2.85. The molecule has 0 amide bonds. The summed E-state index contributed by atoms with van der Waals surface area (Å²) in [6.07, 6.45) is 2.37. The second-order valence-corrected chi connectivity index (χ2v) is 26.7. The number of aromatic nitrogens is 1. The lowest BCUT2D eigenvalue weighted by Crippen LogP contribution is -2.61. The second-order valence-electron chi connectivity index (χ2n) is 24.5. The predicted molar refractivity (Wildman–Crippen MR) is 289 cm³/mol. The maximum absolute atomic E-state index is 2.85. The van der Waals surface area contributed by atoms with Gasteiger partial charge in [-0.25, -0.2) is 0 Å². The molecule has 334 valence electrons. The van der Waals surface area contributed by atoms with E-state index in [0.717, 1.165) is 0 Å². The molecule has 0 unspecified atom stereocenters. The topological polar surface area (TPSA) is 8.17 Å². The van der Waals surface area contributed by atoms with Gasteiger partial charge in [-0.2, -0.15) is 0 Å². The van der Waals surface area contributed by atoms with Crippen molar-refractivity contribution in [2.24, 2.45) is 0 Å². The van der Waals surface area contributed by atoms with Crippen LogP contribution < -0.4 is 15.7 Å². The first-order chi connectivity index (χ1) is 31.6. The Morgan fingerprint density at radius 3 is 1.85 bits per heavy atom. The lowest BCUT2D eigenvalue weighted by molar-refractivity contribution is 0.332. The van der Waals surface area contributed by atoms with Crippen LogP contribution in [0.3, 0.4) is 0 Å². The molecule has 5 heteroatoms. The van der Waals surface area contributed by atoms with E-state index in [1.54, 1.807) is 0 Å². The summed E-state index contributed by atoms with van der Waals surface area (Å²) in [6, 6.07) is 43.9. The Kier molecular flexibility index (Phi) is 8.38. The molecule has 3 aliphatic heterocycles. The van der Waals surface area contributed by atoms with Crippen molar-refractivity contribution in [1.82, 2.24) is 4.57 Å². The molecular formula is C62H61BN2S2. The first-order valence-electron chi connectivity index (χ1n) is 24.7. The molecule has 0 fully saturated rings. The van der Waals surface area contributed by atoms with Gasteiger partial charge in [-0.05, 0) is 163 Å². The molecule has 67 heavy (non-hydrogen) atoms. The summed E-state index contributed by atoms with van der Waals surface area (Å²) in [5, 5.41) is 2.71. The fourth-order valence-electron chi connectivity index (χ4n) is 13.0. The molecule has 13 rings (SSSR count). The molecule has 0 atom stereocenters. The first kappa shape index (κ1) is 42.0. The lowest BCUT2D eigenvalue weighted by Gasteiger charge is -2.47. The van der Waals surface area contributed by atoms with Crippen molar-refractivity contribution >= 4 is 74.5 Å². The van der Waals surface area contributed by atoms with Crippen LogP contribution in [0.15, 0.2) is 129 Å². The van der Waals surface area contributed by atoms with Crippen molar-refractivity contribution in [3.8, 4) is 27.9 Å². The minimum absolute atomic E-state index is 0.0134. The van der Waals surface area contributed by atoms with Crippen LogP contribution in [-0.4, -0.2) is 11.4 Å². The zero-order chi connectivity index (χ0) is 46.6. The molecule has 8 aromatic rings. The third-order valence-corrected chi connectivity index (χ3v) is 19.4. The Hall–Kier alpha value is -5.10. The number of hydrogen-bond acceptors (Lipinski definition) is 3. The van der Waals surface area contributed by atoms with E-state index in [2.05, 4.69) is 209 Å². The monoisotopic (exact) mass is 908 g/mol. The van der Waals surface area contributed by atoms with Crippen molar-refractivity contribution < 1.29 is 0 Å². The Balaban J connectivity index is 1.24. The van der Waals surface area contributed by atoms with E-state index in [-0.39, 0.29) is 33.9 Å². The van der Waals surface area contributed by atoms with Crippen molar-refractivity contribution in [2.75, 3.05) is 4.81 Å². The molecule has 2 aliphatic carbocycles. The molecule has 0 N–H and O–H groups in total. The predicted octanol–water partition coefficient (Wildman–Crippen LogP) is 16.2. The van der Waals surface area contributed by atoms with E-state index in [1.807, 2.05) is 23.5 Å². The van der Waals surface area contributed by atoms with Crippen molar-refractivity contribution in [3.63, 3.8) is 0 Å². The van der Waals surface area contributed by atoms with Crippen LogP contribution >= 0.6 is 23.5 Å². The van der Waals surface area contributed by atoms with E-state index in [0.29, 0.717) is 0 Å². The van der Waals surface area contributed by atoms with Gasteiger partial charge in [0.1, 0.15) is 0 Å². The maximum Gasteiger partial charge on any atom is 0.333 e.